The molecule has 1 fully saturated rings. The molecular weight excluding hydrogens is 493 g/mol. The van der Waals surface area contributed by atoms with E-state index in [0.717, 1.165) is 57.7 Å². The van der Waals surface area contributed by atoms with Gasteiger partial charge in [-0.2, -0.15) is 0 Å². The fourth-order valence-corrected chi connectivity index (χ4v) is 3.77. The van der Waals surface area contributed by atoms with Crippen LogP contribution < -0.4 is 5.32 Å². The van der Waals surface area contributed by atoms with Crippen molar-refractivity contribution in [3.05, 3.63) is 18.7 Å². The van der Waals surface area contributed by atoms with Crippen LogP contribution in [0.25, 0.3) is 0 Å². The zero-order valence-electron chi connectivity index (χ0n) is 19.3. The lowest BCUT2D eigenvalue weighted by molar-refractivity contribution is -0.154. The smallest absolute Gasteiger partial charge is 0.306 e. The summed E-state index contributed by atoms with van der Waals surface area (Å²) in [5.74, 6) is 1.52. The number of likely N-dealkylation sites (tertiary alicyclic amines) is 1. The molecule has 0 aromatic carbocycles. The summed E-state index contributed by atoms with van der Waals surface area (Å²) in [4.78, 5) is 22.8. The van der Waals surface area contributed by atoms with Crippen LogP contribution >= 0.6 is 24.0 Å². The van der Waals surface area contributed by atoms with Crippen molar-refractivity contribution in [2.45, 2.75) is 77.9 Å². The average molecular weight is 533 g/mol. The number of aliphatic imine (C=N–C) groups is 1. The third-order valence-corrected chi connectivity index (χ3v) is 5.35. The zero-order chi connectivity index (χ0) is 21.3. The van der Waals surface area contributed by atoms with E-state index < -0.39 is 0 Å². The molecule has 7 nitrogen and oxygen atoms in total. The van der Waals surface area contributed by atoms with Gasteiger partial charge in [0.2, 0.25) is 0 Å². The second-order valence-corrected chi connectivity index (χ2v) is 9.01. The monoisotopic (exact) mass is 533 g/mol. The van der Waals surface area contributed by atoms with Crippen LogP contribution in [0, 0.1) is 5.92 Å². The molecule has 1 aliphatic rings. The Morgan fingerprint density at radius 2 is 2.00 bits per heavy atom. The number of esters is 1. The average Bonchev–Trinajstić information content (AvgIpc) is 3.18. The number of halogens is 1. The Bertz CT molecular complexity index is 642. The summed E-state index contributed by atoms with van der Waals surface area (Å²) in [6.07, 6.45) is 11.6. The fraction of sp³-hybridized carbons (Fsp3) is 0.773. The van der Waals surface area contributed by atoms with Crippen molar-refractivity contribution in [2.24, 2.45) is 10.9 Å². The molecule has 0 amide bonds. The van der Waals surface area contributed by atoms with E-state index in [-0.39, 0.29) is 35.5 Å². The maximum absolute atomic E-state index is 11.7. The van der Waals surface area contributed by atoms with Crippen LogP contribution in [0.2, 0.25) is 0 Å². The minimum atomic E-state index is -0.389. The molecule has 2 atom stereocenters. The molecule has 1 saturated heterocycles. The van der Waals surface area contributed by atoms with Crippen LogP contribution in [-0.4, -0.2) is 58.7 Å². The topological polar surface area (TPSA) is 71.8 Å². The van der Waals surface area contributed by atoms with E-state index in [1.807, 2.05) is 40.3 Å². The molecule has 0 aliphatic carbocycles. The van der Waals surface area contributed by atoms with E-state index in [2.05, 4.69) is 37.9 Å². The Hall–Kier alpha value is -1.32. The van der Waals surface area contributed by atoms with Gasteiger partial charge in [-0.05, 0) is 46.0 Å². The van der Waals surface area contributed by atoms with Gasteiger partial charge in [0.25, 0.3) is 0 Å². The van der Waals surface area contributed by atoms with E-state index in [1.54, 1.807) is 0 Å². The molecule has 1 aliphatic heterocycles. The van der Waals surface area contributed by atoms with Gasteiger partial charge < -0.3 is 19.5 Å². The number of aromatic nitrogens is 2. The summed E-state index contributed by atoms with van der Waals surface area (Å²) in [6, 6.07) is 0.428. The molecule has 172 valence electrons. The van der Waals surface area contributed by atoms with Crippen LogP contribution in [0.3, 0.4) is 0 Å². The van der Waals surface area contributed by atoms with Gasteiger partial charge in [0, 0.05) is 45.5 Å². The Balaban J connectivity index is 0.00000450. The molecule has 1 N–H and O–H groups in total. The van der Waals surface area contributed by atoms with Crippen LogP contribution in [-0.2, 0) is 9.53 Å². The van der Waals surface area contributed by atoms with E-state index in [9.17, 15) is 4.79 Å². The number of guanidine groups is 1. The van der Waals surface area contributed by atoms with Crippen LogP contribution in [0.5, 0.6) is 0 Å². The Labute approximate surface area is 199 Å². The molecule has 2 heterocycles. The lowest BCUT2D eigenvalue weighted by Crippen LogP contribution is -2.49. The Morgan fingerprint density at radius 3 is 2.63 bits per heavy atom. The predicted octanol–water partition coefficient (Wildman–Crippen LogP) is 4.25. The second kappa shape index (κ2) is 13.2. The molecule has 2 rings (SSSR count). The van der Waals surface area contributed by atoms with Gasteiger partial charge in [0.1, 0.15) is 5.60 Å². The molecule has 0 saturated carbocycles. The van der Waals surface area contributed by atoms with E-state index in [0.29, 0.717) is 18.4 Å². The van der Waals surface area contributed by atoms with Crippen LogP contribution in [0.15, 0.2) is 23.7 Å². The number of piperidine rings is 1. The normalized spacial score (nSPS) is 19.9. The lowest BCUT2D eigenvalue weighted by Gasteiger charge is -2.39. The Morgan fingerprint density at radius 1 is 1.27 bits per heavy atom. The summed E-state index contributed by atoms with van der Waals surface area (Å²) < 4.78 is 7.56. The van der Waals surface area contributed by atoms with E-state index in [1.165, 1.54) is 0 Å². The van der Waals surface area contributed by atoms with Gasteiger partial charge in [0.15, 0.2) is 5.96 Å². The fourth-order valence-electron chi connectivity index (χ4n) is 3.77. The molecule has 0 spiro atoms. The number of imidazole rings is 1. The van der Waals surface area contributed by atoms with Gasteiger partial charge in [-0.1, -0.05) is 19.8 Å². The number of rotatable bonds is 8. The quantitative estimate of drug-likeness (QED) is 0.178. The molecule has 0 radical (unpaired) electrons. The highest BCUT2D eigenvalue weighted by atomic mass is 127. The number of nitrogens with zero attached hydrogens (tertiary/aromatic N) is 4. The molecule has 30 heavy (non-hydrogen) atoms. The minimum Gasteiger partial charge on any atom is -0.460 e. The number of hydrogen-bond donors (Lipinski definition) is 1. The first kappa shape index (κ1) is 26.7. The van der Waals surface area contributed by atoms with Gasteiger partial charge in [-0.15, -0.1) is 24.0 Å². The van der Waals surface area contributed by atoms with Crippen molar-refractivity contribution in [3.63, 3.8) is 0 Å². The van der Waals surface area contributed by atoms with Crippen LogP contribution in [0.4, 0.5) is 0 Å². The number of carbonyl (C=O) groups is 1. The van der Waals surface area contributed by atoms with Crippen molar-refractivity contribution in [1.29, 1.82) is 0 Å². The molecule has 1 aromatic heterocycles. The third kappa shape index (κ3) is 9.22. The minimum absolute atomic E-state index is 0. The summed E-state index contributed by atoms with van der Waals surface area (Å²) >= 11 is 0. The van der Waals surface area contributed by atoms with Crippen molar-refractivity contribution in [3.8, 4) is 0 Å². The van der Waals surface area contributed by atoms with E-state index in [4.69, 9.17) is 4.74 Å². The maximum atomic E-state index is 11.7. The first-order chi connectivity index (χ1) is 13.8. The Kier molecular flexibility index (Phi) is 11.7. The number of carbonyl (C=O) groups excluding carboxylic acids is 1. The van der Waals surface area contributed by atoms with E-state index >= 15 is 0 Å². The number of nitrogens with one attached hydrogen (secondary N) is 1. The van der Waals surface area contributed by atoms with Crippen molar-refractivity contribution < 1.29 is 9.53 Å². The standard InChI is InChI=1S/C22H39N5O2.HI/c1-18-11-14-26(16-19(18)27-15-13-24-17-27)21(23-5)25-12-9-7-6-8-10-20(28)29-22(2,3)4;/h13,15,17-19H,6-12,14,16H2,1-5H3,(H,23,25);1H. The van der Waals surface area contributed by atoms with Gasteiger partial charge in [-0.3, -0.25) is 9.79 Å². The summed E-state index contributed by atoms with van der Waals surface area (Å²) in [7, 11) is 1.85. The molecule has 2 unspecified atom stereocenters. The highest BCUT2D eigenvalue weighted by molar-refractivity contribution is 14.0. The van der Waals surface area contributed by atoms with Gasteiger partial charge in [-0.25, -0.2) is 4.98 Å². The van der Waals surface area contributed by atoms with Crippen LogP contribution in [0.1, 0.15) is 72.3 Å². The highest BCUT2D eigenvalue weighted by Gasteiger charge is 2.28. The molecule has 1 aromatic rings. The second-order valence-electron chi connectivity index (χ2n) is 9.01. The summed E-state index contributed by atoms with van der Waals surface area (Å²) in [6.45, 7) is 10.9. The highest BCUT2D eigenvalue weighted by Crippen LogP contribution is 2.27. The zero-order valence-corrected chi connectivity index (χ0v) is 21.6. The van der Waals surface area contributed by atoms with Gasteiger partial charge >= 0.3 is 5.97 Å². The van der Waals surface area contributed by atoms with Gasteiger partial charge in [0.05, 0.1) is 12.4 Å². The maximum Gasteiger partial charge on any atom is 0.306 e. The van der Waals surface area contributed by atoms with Crippen molar-refractivity contribution in [1.82, 2.24) is 19.8 Å². The first-order valence-corrected chi connectivity index (χ1v) is 10.9. The first-order valence-electron chi connectivity index (χ1n) is 10.9. The van der Waals surface area contributed by atoms with Crippen molar-refractivity contribution in [2.75, 3.05) is 26.7 Å². The summed E-state index contributed by atoms with van der Waals surface area (Å²) in [5, 5.41) is 3.51. The number of ether oxygens (including phenoxy) is 1. The summed E-state index contributed by atoms with van der Waals surface area (Å²) in [5.41, 5.74) is -0.389. The molecular formula is C22H40IN5O2. The SMILES string of the molecule is CN=C(NCCCCCCC(=O)OC(C)(C)C)N1CCC(C)C(n2ccnc2)C1.I. The largest absolute Gasteiger partial charge is 0.460 e. The predicted molar refractivity (Wildman–Crippen MR) is 132 cm³/mol. The van der Waals surface area contributed by atoms with Crippen molar-refractivity contribution >= 4 is 35.9 Å². The molecule has 8 heteroatoms. The number of hydrogen-bond acceptors (Lipinski definition) is 4. The molecule has 0 bridgehead atoms. The lowest BCUT2D eigenvalue weighted by atomic mass is 9.93. The third-order valence-electron chi connectivity index (χ3n) is 5.35. The number of unbranched alkanes of at least 4 members (excludes halogenated alkanes) is 3.